The second kappa shape index (κ2) is 12.9. The lowest BCUT2D eigenvalue weighted by molar-refractivity contribution is -0.198. The topological polar surface area (TPSA) is 192 Å². The highest BCUT2D eigenvalue weighted by Crippen LogP contribution is 2.41. The molecule has 2 aliphatic rings. The molecule has 226 valence electrons. The summed E-state index contributed by atoms with van der Waals surface area (Å²) in [6, 6.07) is -2.17. The number of nitrogen functional groups attached to an aromatic ring is 1. The fourth-order valence-electron chi connectivity index (χ4n) is 3.87. The lowest BCUT2D eigenvalue weighted by Crippen LogP contribution is -2.76. The average Bonchev–Trinajstić information content (AvgIpc) is 3.32. The summed E-state index contributed by atoms with van der Waals surface area (Å²) in [6.07, 6.45) is -1.86. The van der Waals surface area contributed by atoms with Crippen molar-refractivity contribution in [3.05, 3.63) is 11.1 Å². The maximum Gasteiger partial charge on any atom is 0.409 e. The Morgan fingerprint density at radius 3 is 2.51 bits per heavy atom. The van der Waals surface area contributed by atoms with Gasteiger partial charge in [0.15, 0.2) is 10.8 Å². The zero-order valence-corrected chi connectivity index (χ0v) is 25.4. The number of fused-ring (bicyclic) bond motifs is 1. The van der Waals surface area contributed by atoms with Crippen LogP contribution in [-0.2, 0) is 38.2 Å². The molecule has 3 N–H and O–H groups in total. The summed E-state index contributed by atoms with van der Waals surface area (Å²) in [5.74, 6) is -3.05. The van der Waals surface area contributed by atoms with E-state index in [1.54, 1.807) is 20.8 Å². The van der Waals surface area contributed by atoms with Crippen LogP contribution in [0.2, 0.25) is 0 Å². The third-order valence-corrected chi connectivity index (χ3v) is 8.09. The summed E-state index contributed by atoms with van der Waals surface area (Å²) < 4.78 is 16.0. The first-order chi connectivity index (χ1) is 19.1. The van der Waals surface area contributed by atoms with Crippen molar-refractivity contribution in [3.8, 4) is 0 Å². The Bertz CT molecular complexity index is 1210. The maximum absolute atomic E-state index is 13.4. The zero-order valence-electron chi connectivity index (χ0n) is 23.7. The van der Waals surface area contributed by atoms with E-state index in [-0.39, 0.29) is 23.1 Å². The van der Waals surface area contributed by atoms with E-state index in [0.717, 1.165) is 11.3 Å². The van der Waals surface area contributed by atoms with Gasteiger partial charge in [0.05, 0.1) is 12.0 Å². The van der Waals surface area contributed by atoms with Crippen LogP contribution < -0.4 is 11.1 Å². The van der Waals surface area contributed by atoms with E-state index in [1.165, 1.54) is 55.1 Å². The van der Waals surface area contributed by atoms with Gasteiger partial charge >= 0.3 is 18.0 Å². The molecule has 2 aliphatic heterocycles. The number of nitrogens with one attached hydrogen (secondary N) is 1. The van der Waals surface area contributed by atoms with E-state index < -0.39 is 64.9 Å². The number of hydrogen-bond donors (Lipinski definition) is 2. The normalized spacial score (nSPS) is 23.0. The number of nitrogens with two attached hydrogens (primary N) is 1. The van der Waals surface area contributed by atoms with E-state index >= 15 is 0 Å². The van der Waals surface area contributed by atoms with Crippen LogP contribution in [0.15, 0.2) is 10.5 Å². The van der Waals surface area contributed by atoms with Crippen molar-refractivity contribution in [3.63, 3.8) is 0 Å². The van der Waals surface area contributed by atoms with Crippen LogP contribution in [0, 0.1) is 11.3 Å². The molecule has 0 radical (unpaired) electrons. The van der Waals surface area contributed by atoms with E-state index in [0.29, 0.717) is 5.75 Å². The molecule has 2 saturated heterocycles. The van der Waals surface area contributed by atoms with Crippen molar-refractivity contribution in [1.82, 2.24) is 20.1 Å². The summed E-state index contributed by atoms with van der Waals surface area (Å²) in [7, 11) is 4.28. The second-order valence-corrected chi connectivity index (χ2v) is 12.5. The minimum Gasteiger partial charge on any atom is -0.449 e. The predicted molar refractivity (Wildman–Crippen MR) is 149 cm³/mol. The molecule has 17 heteroatoms. The number of hydrogen-bond acceptors (Lipinski definition) is 14. The molecule has 5 atom stereocenters. The number of thioether (sulfide) groups is 1. The number of aromatic nitrogens is 1. The monoisotopic (exact) mass is 614 g/mol. The van der Waals surface area contributed by atoms with Crippen LogP contribution in [0.4, 0.5) is 9.93 Å². The molecule has 2 fully saturated rings. The smallest absolute Gasteiger partial charge is 0.409 e. The number of oxime groups is 1. The molecule has 1 aromatic rings. The number of ether oxygens (including phenoxy) is 3. The first-order valence-corrected chi connectivity index (χ1v) is 14.4. The highest BCUT2D eigenvalue weighted by molar-refractivity contribution is 8.00. The minimum atomic E-state index is -1.24. The molecule has 0 saturated carbocycles. The summed E-state index contributed by atoms with van der Waals surface area (Å²) >= 11 is 2.41. The Hall–Kier alpha value is -3.60. The summed E-state index contributed by atoms with van der Waals surface area (Å²) in [5, 5.41) is 7.46. The molecular formula is C24H34N6O9S2. The van der Waals surface area contributed by atoms with Crippen molar-refractivity contribution >= 4 is 63.8 Å². The van der Waals surface area contributed by atoms with Crippen LogP contribution in [-0.4, -0.2) is 108 Å². The molecule has 15 nitrogen and oxygen atoms in total. The van der Waals surface area contributed by atoms with E-state index in [2.05, 4.69) is 15.5 Å². The summed E-state index contributed by atoms with van der Waals surface area (Å²) in [6.45, 7) is 6.17. The minimum absolute atomic E-state index is 0.175. The Morgan fingerprint density at radius 2 is 1.95 bits per heavy atom. The van der Waals surface area contributed by atoms with E-state index in [4.69, 9.17) is 24.8 Å². The lowest BCUT2D eigenvalue weighted by Gasteiger charge is -2.54. The number of amides is 3. The molecule has 0 bridgehead atoms. The largest absolute Gasteiger partial charge is 0.449 e. The zero-order chi connectivity index (χ0) is 30.6. The van der Waals surface area contributed by atoms with Gasteiger partial charge in [-0.1, -0.05) is 5.16 Å². The van der Waals surface area contributed by atoms with Gasteiger partial charge in [-0.2, -0.15) is 0 Å². The number of carbonyl (C=O) groups excluding carboxylic acids is 5. The number of nitrogens with zero attached hydrogens (tertiary/aromatic N) is 4. The number of β-lactam (4-membered cyclic amide) rings is 1. The second-order valence-electron chi connectivity index (χ2n) is 10.5. The fraction of sp³-hybridized carbons (Fsp3) is 0.625. The van der Waals surface area contributed by atoms with Gasteiger partial charge in [0.2, 0.25) is 12.2 Å². The Balaban J connectivity index is 1.77. The van der Waals surface area contributed by atoms with Crippen LogP contribution in [0.5, 0.6) is 0 Å². The molecule has 0 aliphatic carbocycles. The Kier molecular flexibility index (Phi) is 10.1. The summed E-state index contributed by atoms with van der Waals surface area (Å²) in [5.41, 5.74) is 4.84. The summed E-state index contributed by atoms with van der Waals surface area (Å²) in [4.78, 5) is 75.4. The highest BCUT2D eigenvalue weighted by Gasteiger charge is 2.59. The first kappa shape index (κ1) is 31.9. The van der Waals surface area contributed by atoms with Crippen LogP contribution in [0.1, 0.15) is 33.4 Å². The average molecular weight is 615 g/mol. The van der Waals surface area contributed by atoms with E-state index in [9.17, 15) is 24.0 Å². The Morgan fingerprint density at radius 1 is 1.27 bits per heavy atom. The molecule has 1 aromatic heterocycles. The van der Waals surface area contributed by atoms with Crippen molar-refractivity contribution in [2.45, 2.75) is 51.4 Å². The molecule has 3 heterocycles. The van der Waals surface area contributed by atoms with Crippen molar-refractivity contribution in [2.75, 3.05) is 39.3 Å². The van der Waals surface area contributed by atoms with Crippen molar-refractivity contribution < 1.29 is 43.0 Å². The molecule has 0 aromatic carbocycles. The van der Waals surface area contributed by atoms with Crippen molar-refractivity contribution in [2.24, 2.45) is 16.5 Å². The lowest BCUT2D eigenvalue weighted by atomic mass is 9.93. The number of thiazole rings is 1. The molecule has 0 spiro atoms. The van der Waals surface area contributed by atoms with Gasteiger partial charge in [0.1, 0.15) is 30.3 Å². The molecular weight excluding hydrogens is 580 g/mol. The van der Waals surface area contributed by atoms with Gasteiger partial charge in [-0.15, -0.1) is 23.1 Å². The number of esters is 2. The van der Waals surface area contributed by atoms with Crippen molar-refractivity contribution in [1.29, 1.82) is 0 Å². The fourth-order valence-corrected chi connectivity index (χ4v) is 5.91. The molecule has 41 heavy (non-hydrogen) atoms. The van der Waals surface area contributed by atoms with Gasteiger partial charge in [-0.25, -0.2) is 14.6 Å². The molecule has 3 rings (SSSR count). The molecule has 5 unspecified atom stereocenters. The predicted octanol–water partition coefficient (Wildman–Crippen LogP) is 0.637. The molecule has 3 amide bonds. The van der Waals surface area contributed by atoms with Crippen LogP contribution in [0.25, 0.3) is 0 Å². The number of anilines is 1. The van der Waals surface area contributed by atoms with Gasteiger partial charge < -0.3 is 39.9 Å². The van der Waals surface area contributed by atoms with E-state index in [1.807, 2.05) is 0 Å². The number of carbonyl (C=O) groups is 5. The standard InChI is InChI=1S/C24H34N6O9S2/c1-11(39-21(34)24(2,3)4)38-20(33)16-12(8-37-23(35)29(5)6)9-40-19-15(18(32)30(16)19)27-17(31)14(28-36-7)13-10-41-22(25)26-13/h10-12,15-16,19H,8-9H2,1-7H3,(H2,25,26)(H,27,31)/b28-14+. The maximum atomic E-state index is 13.4. The van der Waals surface area contributed by atoms with Gasteiger partial charge in [-0.05, 0) is 20.8 Å². The quantitative estimate of drug-likeness (QED) is 0.130. The van der Waals surface area contributed by atoms with Gasteiger partial charge in [-0.3, -0.25) is 14.4 Å². The first-order valence-electron chi connectivity index (χ1n) is 12.5. The third kappa shape index (κ3) is 7.38. The van der Waals surface area contributed by atoms with Crippen LogP contribution in [0.3, 0.4) is 0 Å². The Labute approximate surface area is 245 Å². The van der Waals surface area contributed by atoms with Gasteiger partial charge in [0.25, 0.3) is 5.91 Å². The highest BCUT2D eigenvalue weighted by atomic mass is 32.2. The van der Waals surface area contributed by atoms with Gasteiger partial charge in [0, 0.05) is 38.1 Å². The number of rotatable bonds is 9. The SMILES string of the molecule is CO/N=C(/C(=O)NC1C(=O)N2C1SCC(COC(=O)N(C)C)C2C(=O)OC(C)OC(=O)C(C)(C)C)c1csc(N)n1. The van der Waals surface area contributed by atoms with Crippen LogP contribution >= 0.6 is 23.1 Å². The third-order valence-electron chi connectivity index (χ3n) is 5.95.